The van der Waals surface area contributed by atoms with E-state index in [2.05, 4.69) is 20.7 Å². The molecule has 1 N–H and O–H groups in total. The van der Waals surface area contributed by atoms with Gasteiger partial charge in [-0.15, -0.1) is 0 Å². The normalized spacial score (nSPS) is 17.9. The fraction of sp³-hybridized carbons (Fsp3) is 0.417. The lowest BCUT2D eigenvalue weighted by Crippen LogP contribution is -2.37. The summed E-state index contributed by atoms with van der Waals surface area (Å²) in [6, 6.07) is 6.45. The number of hydrogen-bond acceptors (Lipinski definition) is 3. The van der Waals surface area contributed by atoms with E-state index in [1.165, 1.54) is 0 Å². The first-order valence-electron chi connectivity index (χ1n) is 5.77. The molecular formula is C12H14BrNO3S. The first-order valence-corrected chi connectivity index (χ1v) is 8.04. The minimum atomic E-state index is -3.49. The Kier molecular flexibility index (Phi) is 4.19. The maximum absolute atomic E-state index is 12.1. The fourth-order valence-corrected chi connectivity index (χ4v) is 3.88. The molecule has 1 fully saturated rings. The molecule has 0 aliphatic heterocycles. The molecule has 1 aromatic carbocycles. The second-order valence-corrected chi connectivity index (χ2v) is 7.02. The lowest BCUT2D eigenvalue weighted by molar-refractivity contribution is -0.120. The third kappa shape index (κ3) is 3.40. The van der Waals surface area contributed by atoms with Crippen molar-refractivity contribution in [2.45, 2.75) is 36.6 Å². The van der Waals surface area contributed by atoms with Crippen LogP contribution in [0, 0.1) is 0 Å². The molecule has 0 atom stereocenters. The van der Waals surface area contributed by atoms with Gasteiger partial charge in [-0.3, -0.25) is 4.79 Å². The number of sulfonamides is 1. The van der Waals surface area contributed by atoms with E-state index in [0.29, 0.717) is 25.7 Å². The van der Waals surface area contributed by atoms with Gasteiger partial charge in [0, 0.05) is 23.4 Å². The van der Waals surface area contributed by atoms with Crippen LogP contribution in [0.3, 0.4) is 0 Å². The molecule has 18 heavy (non-hydrogen) atoms. The maximum Gasteiger partial charge on any atom is 0.240 e. The Bertz CT molecular complexity index is 546. The Morgan fingerprint density at radius 1 is 1.22 bits per heavy atom. The molecule has 0 amide bonds. The summed E-state index contributed by atoms with van der Waals surface area (Å²) >= 11 is 3.25. The number of Topliss-reactive ketones (excluding diaryl/α,β-unsaturated/α-hetero) is 1. The Morgan fingerprint density at radius 3 is 2.50 bits per heavy atom. The van der Waals surface area contributed by atoms with E-state index in [-0.39, 0.29) is 16.7 Å². The molecule has 0 saturated heterocycles. The fourth-order valence-electron chi connectivity index (χ4n) is 1.98. The number of carbonyl (C=O) groups excluding carboxylic acids is 1. The molecule has 0 heterocycles. The van der Waals surface area contributed by atoms with Gasteiger partial charge < -0.3 is 0 Å². The van der Waals surface area contributed by atoms with Crippen molar-refractivity contribution < 1.29 is 13.2 Å². The van der Waals surface area contributed by atoms with Crippen molar-refractivity contribution in [3.8, 4) is 0 Å². The van der Waals surface area contributed by atoms with Gasteiger partial charge in [0.1, 0.15) is 5.78 Å². The highest BCUT2D eigenvalue weighted by Gasteiger charge is 2.24. The molecule has 1 saturated carbocycles. The Hall–Kier alpha value is -0.720. The summed E-state index contributed by atoms with van der Waals surface area (Å²) < 4.78 is 27.6. The zero-order valence-corrected chi connectivity index (χ0v) is 12.1. The minimum absolute atomic E-state index is 0.133. The minimum Gasteiger partial charge on any atom is -0.300 e. The van der Waals surface area contributed by atoms with Crippen LogP contribution in [0.15, 0.2) is 33.6 Å². The average Bonchev–Trinajstić information content (AvgIpc) is 2.32. The molecule has 0 spiro atoms. The molecule has 1 aliphatic carbocycles. The van der Waals surface area contributed by atoms with Crippen molar-refractivity contribution in [3.63, 3.8) is 0 Å². The largest absolute Gasteiger partial charge is 0.300 e. The molecule has 2 rings (SSSR count). The first-order chi connectivity index (χ1) is 8.47. The first kappa shape index (κ1) is 13.7. The lowest BCUT2D eigenvalue weighted by Gasteiger charge is -2.22. The van der Waals surface area contributed by atoms with Crippen LogP contribution in [0.1, 0.15) is 25.7 Å². The Labute approximate surface area is 115 Å². The number of ketones is 1. The van der Waals surface area contributed by atoms with Gasteiger partial charge in [-0.1, -0.05) is 22.0 Å². The van der Waals surface area contributed by atoms with Crippen LogP contribution in [0.2, 0.25) is 0 Å². The van der Waals surface area contributed by atoms with E-state index in [9.17, 15) is 13.2 Å². The highest BCUT2D eigenvalue weighted by molar-refractivity contribution is 9.10. The Morgan fingerprint density at radius 2 is 1.89 bits per heavy atom. The third-order valence-corrected chi connectivity index (χ3v) is 4.98. The van der Waals surface area contributed by atoms with E-state index >= 15 is 0 Å². The number of carbonyl (C=O) groups is 1. The smallest absolute Gasteiger partial charge is 0.240 e. The zero-order valence-electron chi connectivity index (χ0n) is 9.73. The molecule has 0 unspecified atom stereocenters. The molecule has 98 valence electrons. The summed E-state index contributed by atoms with van der Waals surface area (Å²) in [5, 5.41) is 0. The van der Waals surface area contributed by atoms with Crippen molar-refractivity contribution in [1.29, 1.82) is 0 Å². The molecule has 1 aliphatic rings. The Balaban J connectivity index is 2.10. The summed E-state index contributed by atoms with van der Waals surface area (Å²) in [5.74, 6) is 0.216. The molecule has 4 nitrogen and oxygen atoms in total. The van der Waals surface area contributed by atoms with Crippen LogP contribution in [0.25, 0.3) is 0 Å². The van der Waals surface area contributed by atoms with E-state index in [1.807, 2.05) is 0 Å². The molecule has 0 radical (unpaired) electrons. The molecule has 0 aromatic heterocycles. The number of rotatable bonds is 3. The van der Waals surface area contributed by atoms with Gasteiger partial charge in [0.2, 0.25) is 10.0 Å². The third-order valence-electron chi connectivity index (χ3n) is 2.97. The van der Waals surface area contributed by atoms with Crippen molar-refractivity contribution in [2.24, 2.45) is 0 Å². The van der Waals surface area contributed by atoms with Crippen molar-refractivity contribution >= 4 is 31.7 Å². The average molecular weight is 332 g/mol. The highest BCUT2D eigenvalue weighted by atomic mass is 79.9. The number of hydrogen-bond donors (Lipinski definition) is 1. The van der Waals surface area contributed by atoms with Crippen LogP contribution < -0.4 is 4.72 Å². The van der Waals surface area contributed by atoms with Crippen molar-refractivity contribution in [3.05, 3.63) is 28.7 Å². The van der Waals surface area contributed by atoms with Gasteiger partial charge in [-0.25, -0.2) is 13.1 Å². The van der Waals surface area contributed by atoms with Crippen LogP contribution in [0.4, 0.5) is 0 Å². The van der Waals surface area contributed by atoms with Gasteiger partial charge >= 0.3 is 0 Å². The van der Waals surface area contributed by atoms with Crippen LogP contribution >= 0.6 is 15.9 Å². The summed E-state index contributed by atoms with van der Waals surface area (Å²) in [4.78, 5) is 11.3. The molecule has 1 aromatic rings. The molecule has 0 bridgehead atoms. The van der Waals surface area contributed by atoms with E-state index in [0.717, 1.165) is 4.47 Å². The molecule has 6 heteroatoms. The van der Waals surface area contributed by atoms with Crippen molar-refractivity contribution in [1.82, 2.24) is 4.72 Å². The summed E-state index contributed by atoms with van der Waals surface area (Å²) in [6.45, 7) is 0. The maximum atomic E-state index is 12.1. The van der Waals surface area contributed by atoms with Gasteiger partial charge in [0.15, 0.2) is 0 Å². The quantitative estimate of drug-likeness (QED) is 0.923. The summed E-state index contributed by atoms with van der Waals surface area (Å²) in [5.41, 5.74) is 0. The van der Waals surface area contributed by atoms with E-state index in [4.69, 9.17) is 0 Å². The zero-order chi connectivity index (χ0) is 13.2. The van der Waals surface area contributed by atoms with Gasteiger partial charge in [0.25, 0.3) is 0 Å². The summed E-state index contributed by atoms with van der Waals surface area (Å²) in [6.07, 6.45) is 2.11. The second kappa shape index (κ2) is 5.50. The van der Waals surface area contributed by atoms with Gasteiger partial charge in [-0.2, -0.15) is 0 Å². The topological polar surface area (TPSA) is 63.2 Å². The van der Waals surface area contributed by atoms with Crippen LogP contribution in [-0.2, 0) is 14.8 Å². The predicted octanol–water partition coefficient (Wildman–Crippen LogP) is 2.24. The lowest BCUT2D eigenvalue weighted by atomic mass is 9.95. The second-order valence-electron chi connectivity index (χ2n) is 4.39. The predicted molar refractivity (Wildman–Crippen MR) is 71.7 cm³/mol. The van der Waals surface area contributed by atoms with Crippen molar-refractivity contribution in [2.75, 3.05) is 0 Å². The van der Waals surface area contributed by atoms with E-state index < -0.39 is 10.0 Å². The monoisotopic (exact) mass is 331 g/mol. The number of nitrogens with one attached hydrogen (secondary N) is 1. The van der Waals surface area contributed by atoms with Crippen LogP contribution in [-0.4, -0.2) is 20.2 Å². The highest BCUT2D eigenvalue weighted by Crippen LogP contribution is 2.20. The number of halogens is 1. The summed E-state index contributed by atoms with van der Waals surface area (Å²) in [7, 11) is -3.49. The van der Waals surface area contributed by atoms with E-state index in [1.54, 1.807) is 24.3 Å². The molecular weight excluding hydrogens is 318 g/mol. The van der Waals surface area contributed by atoms with Crippen LogP contribution in [0.5, 0.6) is 0 Å². The standard InChI is InChI=1S/C12H14BrNO3S/c13-9-2-1-3-12(8-9)18(16,17)14-10-4-6-11(15)7-5-10/h1-3,8,10,14H,4-7H2. The SMILES string of the molecule is O=C1CCC(NS(=O)(=O)c2cccc(Br)c2)CC1. The van der Waals surface area contributed by atoms with Gasteiger partial charge in [-0.05, 0) is 31.0 Å². The number of benzene rings is 1. The van der Waals surface area contributed by atoms with Gasteiger partial charge in [0.05, 0.1) is 4.90 Å².